The predicted molar refractivity (Wildman–Crippen MR) is 125 cm³/mol. The summed E-state index contributed by atoms with van der Waals surface area (Å²) >= 11 is 5.16. The third-order valence-electron chi connectivity index (χ3n) is 5.29. The maximum Gasteiger partial charge on any atom is 0.141 e. The van der Waals surface area contributed by atoms with Crippen LogP contribution in [0.2, 0.25) is 0 Å². The molecule has 4 heterocycles. The Morgan fingerprint density at radius 2 is 2.17 bits per heavy atom. The predicted octanol–water partition coefficient (Wildman–Crippen LogP) is 6.17. The maximum atomic E-state index is 6.66. The van der Waals surface area contributed by atoms with E-state index in [2.05, 4.69) is 29.6 Å². The molecule has 0 aliphatic heterocycles. The first-order chi connectivity index (χ1) is 14.2. The van der Waals surface area contributed by atoms with Crippen LogP contribution in [0.25, 0.3) is 32.2 Å². The van der Waals surface area contributed by atoms with E-state index in [9.17, 15) is 0 Å². The van der Waals surface area contributed by atoms with Crippen molar-refractivity contribution in [2.45, 2.75) is 42.7 Å². The number of pyridine rings is 1. The summed E-state index contributed by atoms with van der Waals surface area (Å²) in [5, 5.41) is 3.98. The monoisotopic (exact) mass is 441 g/mol. The Morgan fingerprint density at radius 1 is 1.31 bits per heavy atom. The summed E-state index contributed by atoms with van der Waals surface area (Å²) in [5.41, 5.74) is 10.6. The van der Waals surface area contributed by atoms with Gasteiger partial charge in [-0.25, -0.2) is 15.0 Å². The van der Waals surface area contributed by atoms with Crippen molar-refractivity contribution in [3.63, 3.8) is 0 Å². The Hall–Kier alpha value is -1.90. The Morgan fingerprint density at radius 3 is 2.90 bits per heavy atom. The third-order valence-corrected chi connectivity index (χ3v) is 8.56. The molecular formula is C21H23N5S3. The fraction of sp³-hybridized carbons (Fsp3) is 0.381. The highest BCUT2D eigenvalue weighted by Gasteiger charge is 2.29. The van der Waals surface area contributed by atoms with Crippen molar-refractivity contribution < 1.29 is 0 Å². The van der Waals surface area contributed by atoms with Gasteiger partial charge in [0.2, 0.25) is 0 Å². The van der Waals surface area contributed by atoms with Crippen LogP contribution in [-0.2, 0) is 7.05 Å². The maximum absolute atomic E-state index is 6.66. The summed E-state index contributed by atoms with van der Waals surface area (Å²) in [4.78, 5) is 15.1. The molecule has 0 amide bonds. The SMILES string of the molecule is CCCCSc1sc2nc(-c3nccs3)cc(-c3cnc(C4CC4)n3C)c2c1N. The zero-order chi connectivity index (χ0) is 20.0. The van der Waals surface area contributed by atoms with E-state index in [-0.39, 0.29) is 0 Å². The van der Waals surface area contributed by atoms with Crippen molar-refractivity contribution in [1.29, 1.82) is 0 Å². The average molecular weight is 442 g/mol. The van der Waals surface area contributed by atoms with Gasteiger partial charge in [0.15, 0.2) is 0 Å². The molecule has 0 spiro atoms. The number of thiazole rings is 1. The first-order valence-corrected chi connectivity index (χ1v) is 12.6. The molecule has 1 fully saturated rings. The zero-order valence-corrected chi connectivity index (χ0v) is 19.0. The van der Waals surface area contributed by atoms with Crippen molar-refractivity contribution in [1.82, 2.24) is 19.5 Å². The lowest BCUT2D eigenvalue weighted by molar-refractivity contribution is 0.805. The van der Waals surface area contributed by atoms with E-state index in [4.69, 9.17) is 15.7 Å². The van der Waals surface area contributed by atoms with Crippen LogP contribution in [0.1, 0.15) is 44.3 Å². The molecule has 150 valence electrons. The number of nitrogen functional groups attached to an aromatic ring is 1. The molecule has 1 saturated carbocycles. The number of fused-ring (bicyclic) bond motifs is 1. The molecule has 5 nitrogen and oxygen atoms in total. The number of unbranched alkanes of at least 4 members (excludes halogenated alkanes) is 1. The minimum absolute atomic E-state index is 0.601. The number of rotatable bonds is 7. The van der Waals surface area contributed by atoms with Crippen LogP contribution in [0.15, 0.2) is 28.0 Å². The minimum Gasteiger partial charge on any atom is -0.397 e. The van der Waals surface area contributed by atoms with Crippen molar-refractivity contribution >= 4 is 50.3 Å². The number of anilines is 1. The van der Waals surface area contributed by atoms with Crippen LogP contribution in [0, 0.1) is 0 Å². The first kappa shape index (κ1) is 19.1. The fourth-order valence-electron chi connectivity index (χ4n) is 3.57. The topological polar surface area (TPSA) is 69.6 Å². The van der Waals surface area contributed by atoms with Crippen LogP contribution in [0.3, 0.4) is 0 Å². The second-order valence-electron chi connectivity index (χ2n) is 7.41. The molecule has 29 heavy (non-hydrogen) atoms. The van der Waals surface area contributed by atoms with E-state index in [0.717, 1.165) is 43.6 Å². The summed E-state index contributed by atoms with van der Waals surface area (Å²) in [6, 6.07) is 2.14. The molecule has 1 aliphatic carbocycles. The Kier molecular flexibility index (Phi) is 5.09. The molecule has 0 atom stereocenters. The largest absolute Gasteiger partial charge is 0.397 e. The average Bonchev–Trinajstić information content (AvgIpc) is 3.13. The van der Waals surface area contributed by atoms with Crippen LogP contribution >= 0.6 is 34.4 Å². The van der Waals surface area contributed by atoms with Crippen molar-refractivity contribution in [2.24, 2.45) is 7.05 Å². The van der Waals surface area contributed by atoms with Gasteiger partial charge < -0.3 is 10.3 Å². The minimum atomic E-state index is 0.601. The molecule has 4 aromatic heterocycles. The molecule has 1 aliphatic rings. The van der Waals surface area contributed by atoms with Gasteiger partial charge >= 0.3 is 0 Å². The lowest BCUT2D eigenvalue weighted by Crippen LogP contribution is -1.99. The highest BCUT2D eigenvalue weighted by Crippen LogP contribution is 2.46. The number of nitrogens with two attached hydrogens (primary N) is 1. The number of nitrogens with zero attached hydrogens (tertiary/aromatic N) is 4. The molecule has 5 rings (SSSR count). The Balaban J connectivity index is 1.69. The van der Waals surface area contributed by atoms with E-state index in [1.54, 1.807) is 22.7 Å². The van der Waals surface area contributed by atoms with Crippen LogP contribution in [-0.4, -0.2) is 25.3 Å². The van der Waals surface area contributed by atoms with Crippen LogP contribution in [0.5, 0.6) is 0 Å². The van der Waals surface area contributed by atoms with E-state index in [0.29, 0.717) is 5.92 Å². The zero-order valence-electron chi connectivity index (χ0n) is 16.5. The van der Waals surface area contributed by atoms with Gasteiger partial charge in [-0.05, 0) is 31.1 Å². The lowest BCUT2D eigenvalue weighted by Gasteiger charge is -2.09. The van der Waals surface area contributed by atoms with Gasteiger partial charge in [0.05, 0.1) is 21.8 Å². The van der Waals surface area contributed by atoms with Gasteiger partial charge in [-0.3, -0.25) is 0 Å². The van der Waals surface area contributed by atoms with Crippen LogP contribution in [0.4, 0.5) is 5.69 Å². The van der Waals surface area contributed by atoms with Crippen molar-refractivity contribution in [3.05, 3.63) is 29.7 Å². The van der Waals surface area contributed by atoms with Gasteiger partial charge in [0.1, 0.15) is 21.4 Å². The molecule has 2 N–H and O–H groups in total. The molecule has 0 unspecified atom stereocenters. The van der Waals surface area contributed by atoms with E-state index in [1.165, 1.54) is 35.7 Å². The highest BCUT2D eigenvalue weighted by molar-refractivity contribution is 8.01. The van der Waals surface area contributed by atoms with E-state index in [1.807, 2.05) is 29.5 Å². The first-order valence-electron chi connectivity index (χ1n) is 9.95. The Bertz CT molecular complexity index is 1160. The molecule has 4 aromatic rings. The molecule has 0 bridgehead atoms. The van der Waals surface area contributed by atoms with Gasteiger partial charge in [-0.1, -0.05) is 13.3 Å². The second kappa shape index (κ2) is 7.74. The van der Waals surface area contributed by atoms with Crippen molar-refractivity contribution in [3.8, 4) is 22.0 Å². The lowest BCUT2D eigenvalue weighted by atomic mass is 10.1. The normalized spacial score (nSPS) is 14.1. The molecule has 0 radical (unpaired) electrons. The molecule has 0 saturated heterocycles. The smallest absolute Gasteiger partial charge is 0.141 e. The highest BCUT2D eigenvalue weighted by atomic mass is 32.2. The number of thiophene rings is 1. The number of thioether (sulfide) groups is 1. The summed E-state index contributed by atoms with van der Waals surface area (Å²) in [7, 11) is 2.12. The number of imidazole rings is 1. The van der Waals surface area contributed by atoms with Gasteiger partial charge in [-0.2, -0.15) is 0 Å². The third kappa shape index (κ3) is 3.47. The summed E-state index contributed by atoms with van der Waals surface area (Å²) < 4.78 is 3.40. The quantitative estimate of drug-likeness (QED) is 0.274. The number of aromatic nitrogens is 4. The van der Waals surface area contributed by atoms with E-state index < -0.39 is 0 Å². The van der Waals surface area contributed by atoms with Crippen molar-refractivity contribution in [2.75, 3.05) is 11.5 Å². The van der Waals surface area contributed by atoms with E-state index >= 15 is 0 Å². The summed E-state index contributed by atoms with van der Waals surface area (Å²) in [6.07, 6.45) is 8.67. The molecular weight excluding hydrogens is 418 g/mol. The van der Waals surface area contributed by atoms with Gasteiger partial charge in [0, 0.05) is 35.5 Å². The molecule has 8 heteroatoms. The summed E-state index contributed by atoms with van der Waals surface area (Å²) in [6.45, 7) is 2.22. The van der Waals surface area contributed by atoms with Gasteiger partial charge in [0.25, 0.3) is 0 Å². The number of hydrogen-bond donors (Lipinski definition) is 1. The summed E-state index contributed by atoms with van der Waals surface area (Å²) in [5.74, 6) is 2.86. The number of hydrogen-bond acceptors (Lipinski definition) is 7. The van der Waals surface area contributed by atoms with Gasteiger partial charge in [-0.15, -0.1) is 34.4 Å². The second-order valence-corrected chi connectivity index (χ2v) is 10.7. The standard InChI is InChI=1S/C21H23N5S3/c1-3-4-8-28-21-17(22)16-13(15-11-24-18(26(15)2)12-5-6-12)10-14(25-20(16)29-21)19-23-7-9-27-19/h7,9-12H,3-6,8,22H2,1-2H3. The fourth-order valence-corrected chi connectivity index (χ4v) is 6.62. The van der Waals surface area contributed by atoms with Crippen LogP contribution < -0.4 is 5.73 Å². The Labute approximate surface area is 182 Å². The molecule has 0 aromatic carbocycles.